The van der Waals surface area contributed by atoms with E-state index in [-0.39, 0.29) is 0 Å². The van der Waals surface area contributed by atoms with E-state index in [0.29, 0.717) is 11.1 Å². The minimum Gasteiger partial charge on any atom is -0.266 e. The molecule has 0 amide bonds. The van der Waals surface area contributed by atoms with E-state index in [0.717, 1.165) is 10.9 Å². The monoisotopic (exact) mass is 222 g/mol. The second kappa shape index (κ2) is 3.53. The van der Waals surface area contributed by atoms with Crippen LogP contribution in [0.1, 0.15) is 30.9 Å². The largest absolute Gasteiger partial charge is 0.266 e. The number of nitrogens with zero attached hydrogens (tertiary/aromatic N) is 2. The van der Waals surface area contributed by atoms with Crippen molar-refractivity contribution in [3.8, 4) is 0 Å². The number of benzene rings is 1. The van der Waals surface area contributed by atoms with Crippen LogP contribution in [-0.4, -0.2) is 9.78 Å². The van der Waals surface area contributed by atoms with Crippen LogP contribution in [0.5, 0.6) is 0 Å². The summed E-state index contributed by atoms with van der Waals surface area (Å²) in [5, 5.41) is 5.90. The fraction of sp³-hybridized carbons (Fsp3) is 0.417. The van der Waals surface area contributed by atoms with Crippen LogP contribution in [0.4, 0.5) is 0 Å². The lowest BCUT2D eigenvalue weighted by atomic mass is 9.95. The fourth-order valence-electron chi connectivity index (χ4n) is 2.19. The van der Waals surface area contributed by atoms with Gasteiger partial charge in [-0.3, -0.25) is 4.68 Å². The summed E-state index contributed by atoms with van der Waals surface area (Å²) < 4.78 is 1.88. The van der Waals surface area contributed by atoms with Gasteiger partial charge in [-0.05, 0) is 30.0 Å². The molecule has 80 valence electrons. The Labute approximate surface area is 94.8 Å². The molecular weight excluding hydrogens is 208 g/mol. The Morgan fingerprint density at radius 1 is 1.33 bits per heavy atom. The molecule has 0 saturated carbocycles. The first-order chi connectivity index (χ1) is 7.02. The van der Waals surface area contributed by atoms with E-state index < -0.39 is 0 Å². The second-order valence-corrected chi connectivity index (χ2v) is 4.62. The van der Waals surface area contributed by atoms with Gasteiger partial charge >= 0.3 is 0 Å². The van der Waals surface area contributed by atoms with E-state index in [1.54, 1.807) is 0 Å². The normalized spacial score (nSPS) is 11.6. The maximum absolute atomic E-state index is 6.07. The van der Waals surface area contributed by atoms with Crippen molar-refractivity contribution in [2.45, 2.75) is 26.7 Å². The molecule has 0 fully saturated rings. The van der Waals surface area contributed by atoms with Crippen molar-refractivity contribution in [1.82, 2.24) is 9.78 Å². The average Bonchev–Trinajstić information content (AvgIpc) is 2.41. The quantitative estimate of drug-likeness (QED) is 0.720. The molecule has 0 aliphatic heterocycles. The lowest BCUT2D eigenvalue weighted by Gasteiger charge is -2.12. The van der Waals surface area contributed by atoms with E-state index in [4.69, 9.17) is 11.6 Å². The zero-order valence-corrected chi connectivity index (χ0v) is 10.3. The molecule has 0 atom stereocenters. The van der Waals surface area contributed by atoms with Crippen LogP contribution in [0, 0.1) is 6.92 Å². The van der Waals surface area contributed by atoms with Crippen molar-refractivity contribution in [2.24, 2.45) is 7.05 Å². The van der Waals surface area contributed by atoms with Crippen LogP contribution < -0.4 is 0 Å². The predicted octanol–water partition coefficient (Wildman–Crippen LogP) is 3.66. The Hall–Kier alpha value is -1.02. The standard InChI is InChI=1S/C12H15ClN2/c1-7(2)10-8(3)5-6-9-11(10)15(4)14-12(9)13/h5-7H,1-4H3. The van der Waals surface area contributed by atoms with Crippen LogP contribution in [0.25, 0.3) is 10.9 Å². The van der Waals surface area contributed by atoms with Crippen LogP contribution in [0.3, 0.4) is 0 Å². The molecule has 0 unspecified atom stereocenters. The summed E-state index contributed by atoms with van der Waals surface area (Å²) >= 11 is 6.07. The highest BCUT2D eigenvalue weighted by Crippen LogP contribution is 2.31. The third-order valence-corrected chi connectivity index (χ3v) is 3.08. The van der Waals surface area contributed by atoms with Crippen LogP contribution in [0.15, 0.2) is 12.1 Å². The number of halogens is 1. The Kier molecular flexibility index (Phi) is 2.47. The summed E-state index contributed by atoms with van der Waals surface area (Å²) in [7, 11) is 1.94. The lowest BCUT2D eigenvalue weighted by Crippen LogP contribution is -1.98. The second-order valence-electron chi connectivity index (χ2n) is 4.26. The van der Waals surface area contributed by atoms with Crippen molar-refractivity contribution in [3.05, 3.63) is 28.4 Å². The number of hydrogen-bond acceptors (Lipinski definition) is 1. The lowest BCUT2D eigenvalue weighted by molar-refractivity contribution is 0.777. The van der Waals surface area contributed by atoms with Gasteiger partial charge in [0.2, 0.25) is 0 Å². The summed E-state index contributed by atoms with van der Waals surface area (Å²) in [5.74, 6) is 0.486. The number of rotatable bonds is 1. The van der Waals surface area contributed by atoms with Gasteiger partial charge in [0.1, 0.15) is 0 Å². The summed E-state index contributed by atoms with van der Waals surface area (Å²) in [4.78, 5) is 0. The summed E-state index contributed by atoms with van der Waals surface area (Å²) in [6.07, 6.45) is 0. The third kappa shape index (κ3) is 1.53. The first-order valence-corrected chi connectivity index (χ1v) is 5.52. The third-order valence-electron chi connectivity index (χ3n) is 2.80. The molecule has 0 bridgehead atoms. The molecule has 0 N–H and O–H groups in total. The molecule has 0 saturated heterocycles. The van der Waals surface area contributed by atoms with Crippen molar-refractivity contribution in [3.63, 3.8) is 0 Å². The maximum Gasteiger partial charge on any atom is 0.158 e. The summed E-state index contributed by atoms with van der Waals surface area (Å²) in [6, 6.07) is 4.16. The van der Waals surface area contributed by atoms with Crippen molar-refractivity contribution in [2.75, 3.05) is 0 Å². The molecule has 2 aromatic rings. The minimum atomic E-state index is 0.486. The Bertz CT molecular complexity index is 512. The van der Waals surface area contributed by atoms with E-state index in [2.05, 4.69) is 31.9 Å². The maximum atomic E-state index is 6.07. The van der Waals surface area contributed by atoms with Gasteiger partial charge in [0.05, 0.1) is 5.52 Å². The van der Waals surface area contributed by atoms with Gasteiger partial charge in [0.25, 0.3) is 0 Å². The molecule has 2 nitrogen and oxygen atoms in total. The Balaban J connectivity index is 2.92. The molecule has 2 rings (SSSR count). The zero-order chi connectivity index (χ0) is 11.2. The summed E-state index contributed by atoms with van der Waals surface area (Å²) in [6.45, 7) is 6.53. The number of aromatic nitrogens is 2. The van der Waals surface area contributed by atoms with Crippen molar-refractivity contribution >= 4 is 22.5 Å². The number of aryl methyl sites for hydroxylation is 2. The Morgan fingerprint density at radius 2 is 2.00 bits per heavy atom. The highest BCUT2D eigenvalue weighted by atomic mass is 35.5. The fourth-order valence-corrected chi connectivity index (χ4v) is 2.45. The van der Waals surface area contributed by atoms with E-state index >= 15 is 0 Å². The first-order valence-electron chi connectivity index (χ1n) is 5.14. The molecule has 15 heavy (non-hydrogen) atoms. The molecule has 0 radical (unpaired) electrons. The Morgan fingerprint density at radius 3 is 2.60 bits per heavy atom. The predicted molar refractivity (Wildman–Crippen MR) is 64.6 cm³/mol. The molecule has 3 heteroatoms. The molecule has 1 heterocycles. The SMILES string of the molecule is Cc1ccc2c(Cl)nn(C)c2c1C(C)C. The van der Waals surface area contributed by atoms with E-state index in [1.807, 2.05) is 17.8 Å². The molecular formula is C12H15ClN2. The first kappa shape index (κ1) is 10.5. The molecule has 0 aliphatic carbocycles. The molecule has 0 spiro atoms. The van der Waals surface area contributed by atoms with E-state index in [1.165, 1.54) is 11.1 Å². The summed E-state index contributed by atoms with van der Waals surface area (Å²) in [5.41, 5.74) is 3.81. The highest BCUT2D eigenvalue weighted by Gasteiger charge is 2.14. The number of hydrogen-bond donors (Lipinski definition) is 0. The van der Waals surface area contributed by atoms with Crippen LogP contribution in [-0.2, 0) is 7.05 Å². The van der Waals surface area contributed by atoms with Crippen LogP contribution >= 0.6 is 11.6 Å². The van der Waals surface area contributed by atoms with Gasteiger partial charge in [-0.2, -0.15) is 5.10 Å². The van der Waals surface area contributed by atoms with E-state index in [9.17, 15) is 0 Å². The van der Waals surface area contributed by atoms with Crippen molar-refractivity contribution in [1.29, 1.82) is 0 Å². The van der Waals surface area contributed by atoms with Gasteiger partial charge in [0, 0.05) is 12.4 Å². The van der Waals surface area contributed by atoms with Gasteiger partial charge in [-0.15, -0.1) is 0 Å². The minimum absolute atomic E-state index is 0.486. The number of fused-ring (bicyclic) bond motifs is 1. The molecule has 1 aromatic carbocycles. The molecule has 0 aliphatic rings. The van der Waals surface area contributed by atoms with Gasteiger partial charge in [-0.1, -0.05) is 31.5 Å². The van der Waals surface area contributed by atoms with Crippen molar-refractivity contribution < 1.29 is 0 Å². The smallest absolute Gasteiger partial charge is 0.158 e. The van der Waals surface area contributed by atoms with Crippen LogP contribution in [0.2, 0.25) is 5.15 Å². The van der Waals surface area contributed by atoms with Gasteiger partial charge < -0.3 is 0 Å². The molecule has 1 aromatic heterocycles. The zero-order valence-electron chi connectivity index (χ0n) is 9.50. The average molecular weight is 223 g/mol. The topological polar surface area (TPSA) is 17.8 Å². The van der Waals surface area contributed by atoms with Gasteiger partial charge in [-0.25, -0.2) is 0 Å². The van der Waals surface area contributed by atoms with Gasteiger partial charge in [0.15, 0.2) is 5.15 Å². The highest BCUT2D eigenvalue weighted by molar-refractivity contribution is 6.34.